The van der Waals surface area contributed by atoms with E-state index in [-0.39, 0.29) is 0 Å². The van der Waals surface area contributed by atoms with Gasteiger partial charge in [0.2, 0.25) is 5.95 Å². The van der Waals surface area contributed by atoms with Crippen molar-refractivity contribution in [2.75, 3.05) is 23.7 Å². The zero-order valence-electron chi connectivity index (χ0n) is 14.0. The number of hydrogen-bond donors (Lipinski definition) is 1. The van der Waals surface area contributed by atoms with E-state index in [0.29, 0.717) is 5.75 Å². The standard InChI is InChI=1S/C17H24N4OS/c1-13-6-8-14(9-7-13)21-15(20-10-4-5-11-20)18-19-16(21)23-12-17(2,3)22/h6-9,22H,4-5,10-12H2,1-3H3. The van der Waals surface area contributed by atoms with Crippen molar-refractivity contribution in [1.82, 2.24) is 14.8 Å². The predicted molar refractivity (Wildman–Crippen MR) is 94.6 cm³/mol. The Hall–Kier alpha value is -1.53. The first kappa shape index (κ1) is 16.3. The lowest BCUT2D eigenvalue weighted by Gasteiger charge is -2.20. The number of anilines is 1. The number of nitrogens with zero attached hydrogens (tertiary/aromatic N) is 4. The molecule has 6 heteroatoms. The number of aliphatic hydroxyl groups is 1. The Morgan fingerprint density at radius 1 is 1.13 bits per heavy atom. The van der Waals surface area contributed by atoms with Gasteiger partial charge in [0.1, 0.15) is 0 Å². The third kappa shape index (κ3) is 3.87. The van der Waals surface area contributed by atoms with E-state index in [1.54, 1.807) is 11.8 Å². The zero-order valence-corrected chi connectivity index (χ0v) is 14.8. The molecule has 5 nitrogen and oxygen atoms in total. The molecule has 2 heterocycles. The minimum Gasteiger partial charge on any atom is -0.390 e. The van der Waals surface area contributed by atoms with Crippen molar-refractivity contribution >= 4 is 17.7 Å². The number of aryl methyl sites for hydroxylation is 1. The normalized spacial score (nSPS) is 15.4. The predicted octanol–water partition coefficient (Wildman–Crippen LogP) is 3.04. The Morgan fingerprint density at radius 3 is 2.39 bits per heavy atom. The van der Waals surface area contributed by atoms with Gasteiger partial charge in [-0.05, 0) is 45.7 Å². The van der Waals surface area contributed by atoms with Crippen LogP contribution in [0.25, 0.3) is 5.69 Å². The van der Waals surface area contributed by atoms with Crippen LogP contribution in [0, 0.1) is 6.92 Å². The third-order valence-electron chi connectivity index (χ3n) is 3.85. The van der Waals surface area contributed by atoms with E-state index in [9.17, 15) is 5.11 Å². The van der Waals surface area contributed by atoms with Crippen molar-refractivity contribution in [2.45, 2.75) is 44.4 Å². The summed E-state index contributed by atoms with van der Waals surface area (Å²) in [5.41, 5.74) is 1.57. The second-order valence-electron chi connectivity index (χ2n) is 6.75. The summed E-state index contributed by atoms with van der Waals surface area (Å²) in [6.07, 6.45) is 2.40. The van der Waals surface area contributed by atoms with E-state index in [0.717, 1.165) is 29.9 Å². The molecule has 1 saturated heterocycles. The van der Waals surface area contributed by atoms with Crippen molar-refractivity contribution in [2.24, 2.45) is 0 Å². The minimum absolute atomic E-state index is 0.580. The molecular weight excluding hydrogens is 308 g/mol. The first-order valence-electron chi connectivity index (χ1n) is 8.07. The molecule has 0 amide bonds. The number of benzene rings is 1. The molecular formula is C17H24N4OS. The highest BCUT2D eigenvalue weighted by Gasteiger charge is 2.23. The van der Waals surface area contributed by atoms with E-state index >= 15 is 0 Å². The molecule has 0 unspecified atom stereocenters. The highest BCUT2D eigenvalue weighted by atomic mass is 32.2. The molecule has 0 atom stereocenters. The van der Waals surface area contributed by atoms with Gasteiger partial charge in [0.15, 0.2) is 5.16 Å². The molecule has 3 rings (SSSR count). The first-order valence-corrected chi connectivity index (χ1v) is 9.05. The number of hydrogen-bond acceptors (Lipinski definition) is 5. The van der Waals surface area contributed by atoms with Gasteiger partial charge in [0.25, 0.3) is 0 Å². The van der Waals surface area contributed by atoms with Crippen molar-refractivity contribution in [3.63, 3.8) is 0 Å². The molecule has 0 aliphatic carbocycles. The summed E-state index contributed by atoms with van der Waals surface area (Å²) in [5.74, 6) is 1.49. The molecule has 1 aromatic carbocycles. The maximum Gasteiger partial charge on any atom is 0.232 e. The summed E-state index contributed by atoms with van der Waals surface area (Å²) in [6.45, 7) is 7.77. The SMILES string of the molecule is Cc1ccc(-n2c(SCC(C)(C)O)nnc2N2CCCC2)cc1. The average molecular weight is 332 g/mol. The van der Waals surface area contributed by atoms with Crippen molar-refractivity contribution < 1.29 is 5.11 Å². The molecule has 0 spiro atoms. The molecule has 1 aliphatic rings. The number of rotatable bonds is 5. The highest BCUT2D eigenvalue weighted by molar-refractivity contribution is 7.99. The van der Waals surface area contributed by atoms with Crippen molar-refractivity contribution in [3.05, 3.63) is 29.8 Å². The molecule has 0 radical (unpaired) electrons. The van der Waals surface area contributed by atoms with E-state index < -0.39 is 5.60 Å². The Labute approximate surface area is 141 Å². The van der Waals surface area contributed by atoms with Gasteiger partial charge in [-0.2, -0.15) is 0 Å². The summed E-state index contributed by atoms with van der Waals surface area (Å²) in [6, 6.07) is 8.42. The lowest BCUT2D eigenvalue weighted by atomic mass is 10.2. The van der Waals surface area contributed by atoms with Crippen molar-refractivity contribution in [3.8, 4) is 5.69 Å². The molecule has 0 bridgehead atoms. The summed E-state index contributed by atoms with van der Waals surface area (Å²) >= 11 is 1.55. The van der Waals surface area contributed by atoms with Crippen LogP contribution in [0.4, 0.5) is 5.95 Å². The van der Waals surface area contributed by atoms with Crippen LogP contribution < -0.4 is 4.90 Å². The third-order valence-corrected chi connectivity index (χ3v) is 5.23. The van der Waals surface area contributed by atoms with Gasteiger partial charge < -0.3 is 10.0 Å². The van der Waals surface area contributed by atoms with Gasteiger partial charge in [-0.15, -0.1) is 10.2 Å². The summed E-state index contributed by atoms with van der Waals surface area (Å²) in [4.78, 5) is 2.29. The maximum absolute atomic E-state index is 10.0. The summed E-state index contributed by atoms with van der Waals surface area (Å²) in [7, 11) is 0. The molecule has 0 saturated carbocycles. The van der Waals surface area contributed by atoms with E-state index in [1.165, 1.54) is 18.4 Å². The molecule has 1 N–H and O–H groups in total. The van der Waals surface area contributed by atoms with Gasteiger partial charge in [0.05, 0.1) is 11.3 Å². The molecule has 1 fully saturated rings. The highest BCUT2D eigenvalue weighted by Crippen LogP contribution is 2.30. The Balaban J connectivity index is 1.97. The first-order chi connectivity index (χ1) is 10.9. The smallest absolute Gasteiger partial charge is 0.232 e. The second-order valence-corrected chi connectivity index (χ2v) is 7.69. The van der Waals surface area contributed by atoms with E-state index in [2.05, 4.69) is 50.9 Å². The number of aromatic nitrogens is 3. The molecule has 1 aromatic heterocycles. The van der Waals surface area contributed by atoms with Crippen LogP contribution in [-0.2, 0) is 0 Å². The Morgan fingerprint density at radius 2 is 1.78 bits per heavy atom. The fraction of sp³-hybridized carbons (Fsp3) is 0.529. The van der Waals surface area contributed by atoms with Crippen LogP contribution in [0.15, 0.2) is 29.4 Å². The molecule has 124 valence electrons. The number of thioether (sulfide) groups is 1. The topological polar surface area (TPSA) is 54.2 Å². The van der Waals surface area contributed by atoms with E-state index in [1.807, 2.05) is 13.8 Å². The van der Waals surface area contributed by atoms with Gasteiger partial charge in [-0.1, -0.05) is 29.5 Å². The van der Waals surface area contributed by atoms with Crippen LogP contribution in [0.3, 0.4) is 0 Å². The van der Waals surface area contributed by atoms with Crippen molar-refractivity contribution in [1.29, 1.82) is 0 Å². The van der Waals surface area contributed by atoms with Gasteiger partial charge in [-0.25, -0.2) is 0 Å². The van der Waals surface area contributed by atoms with Gasteiger partial charge in [0, 0.05) is 18.8 Å². The lowest BCUT2D eigenvalue weighted by molar-refractivity contribution is 0.107. The fourth-order valence-electron chi connectivity index (χ4n) is 2.64. The zero-order chi connectivity index (χ0) is 16.4. The largest absolute Gasteiger partial charge is 0.390 e. The average Bonchev–Trinajstić information content (AvgIpc) is 3.14. The van der Waals surface area contributed by atoms with Gasteiger partial charge >= 0.3 is 0 Å². The quantitative estimate of drug-likeness (QED) is 0.853. The van der Waals surface area contributed by atoms with Crippen LogP contribution in [0.5, 0.6) is 0 Å². The maximum atomic E-state index is 10.0. The fourth-order valence-corrected chi connectivity index (χ4v) is 3.54. The Kier molecular flexibility index (Phi) is 4.64. The molecule has 23 heavy (non-hydrogen) atoms. The van der Waals surface area contributed by atoms with Gasteiger partial charge in [-0.3, -0.25) is 4.57 Å². The van der Waals surface area contributed by atoms with Crippen LogP contribution >= 0.6 is 11.8 Å². The molecule has 2 aromatic rings. The van der Waals surface area contributed by atoms with Crippen LogP contribution in [0.2, 0.25) is 0 Å². The van der Waals surface area contributed by atoms with Crippen LogP contribution in [-0.4, -0.2) is 44.3 Å². The summed E-state index contributed by atoms with van der Waals surface area (Å²) in [5, 5.41) is 19.7. The lowest BCUT2D eigenvalue weighted by Crippen LogP contribution is -2.23. The minimum atomic E-state index is -0.734. The van der Waals surface area contributed by atoms with E-state index in [4.69, 9.17) is 0 Å². The Bertz CT molecular complexity index is 654. The summed E-state index contributed by atoms with van der Waals surface area (Å²) < 4.78 is 2.11. The van der Waals surface area contributed by atoms with Crippen LogP contribution in [0.1, 0.15) is 32.3 Å². The second kappa shape index (κ2) is 6.53. The molecule has 1 aliphatic heterocycles. The monoisotopic (exact) mass is 332 g/mol.